The number of carbonyl (C=O) groups is 2. The zero-order valence-corrected chi connectivity index (χ0v) is 26.0. The van der Waals surface area contributed by atoms with E-state index in [1.165, 1.54) is 6.92 Å². The Bertz CT molecular complexity index is 1550. The van der Waals surface area contributed by atoms with Crippen molar-refractivity contribution in [3.8, 4) is 28.4 Å². The van der Waals surface area contributed by atoms with Crippen molar-refractivity contribution in [2.75, 3.05) is 26.6 Å². The van der Waals surface area contributed by atoms with Gasteiger partial charge in [-0.3, -0.25) is 14.4 Å². The van der Waals surface area contributed by atoms with Crippen LogP contribution in [0.25, 0.3) is 11.1 Å². The number of rotatable bonds is 11. The van der Waals surface area contributed by atoms with E-state index in [1.807, 2.05) is 55.9 Å². The molecule has 3 N–H and O–H groups in total. The van der Waals surface area contributed by atoms with E-state index in [0.717, 1.165) is 28.8 Å². The van der Waals surface area contributed by atoms with Gasteiger partial charge in [-0.25, -0.2) is 0 Å². The Morgan fingerprint density at radius 3 is 2.42 bits per heavy atom. The number of fused-ring (bicyclic) bond motifs is 3. The van der Waals surface area contributed by atoms with Crippen molar-refractivity contribution in [1.29, 1.82) is 0 Å². The van der Waals surface area contributed by atoms with E-state index >= 15 is 0 Å². The molecule has 1 heterocycles. The van der Waals surface area contributed by atoms with E-state index in [1.54, 1.807) is 33.5 Å². The number of benzene rings is 1. The maximum atomic E-state index is 13.8. The second-order valence-electron chi connectivity index (χ2n) is 10.9. The Labute approximate surface area is 252 Å². The second kappa shape index (κ2) is 13.7. The van der Waals surface area contributed by atoms with Gasteiger partial charge in [-0.2, -0.15) is 0 Å². The van der Waals surface area contributed by atoms with Gasteiger partial charge < -0.3 is 34.7 Å². The number of anilines is 1. The van der Waals surface area contributed by atoms with Crippen LogP contribution in [0.1, 0.15) is 56.5 Å². The molecule has 2 aromatic carbocycles. The molecule has 1 aliphatic carbocycles. The van der Waals surface area contributed by atoms with Crippen LogP contribution in [0.5, 0.6) is 17.2 Å². The predicted octanol–water partition coefficient (Wildman–Crippen LogP) is 4.34. The van der Waals surface area contributed by atoms with Crippen LogP contribution in [-0.2, 0) is 29.6 Å². The predicted molar refractivity (Wildman–Crippen MR) is 167 cm³/mol. The number of aromatic nitrogens is 1. The third kappa shape index (κ3) is 6.63. The molecule has 3 atom stereocenters. The molecule has 0 spiro atoms. The molecule has 0 fully saturated rings. The lowest BCUT2D eigenvalue weighted by Crippen LogP contribution is -2.44. The molecule has 0 saturated heterocycles. The SMILES string of the molecule is CC[C@@H](C)[C@H](Nc1ccc2c(cc1=O)[C@@H](NC(C)=O)CCc1cc(OC)c(OC)c(OC)c1-2)C(=O)NCc1cccn1C. The molecule has 0 unspecified atom stereocenters. The summed E-state index contributed by atoms with van der Waals surface area (Å²) in [5, 5.41) is 9.30. The lowest BCUT2D eigenvalue weighted by Gasteiger charge is -2.24. The number of nitrogens with one attached hydrogen (secondary N) is 3. The first-order valence-electron chi connectivity index (χ1n) is 14.5. The van der Waals surface area contributed by atoms with E-state index in [9.17, 15) is 14.4 Å². The van der Waals surface area contributed by atoms with Crippen LogP contribution in [0, 0.1) is 5.92 Å². The van der Waals surface area contributed by atoms with E-state index < -0.39 is 12.1 Å². The number of ether oxygens (including phenoxy) is 3. The summed E-state index contributed by atoms with van der Waals surface area (Å²) in [5.74, 6) is 0.998. The Morgan fingerprint density at radius 1 is 1.07 bits per heavy atom. The minimum absolute atomic E-state index is 0.0548. The van der Waals surface area contributed by atoms with E-state index in [0.29, 0.717) is 42.2 Å². The van der Waals surface area contributed by atoms with E-state index in [2.05, 4.69) is 16.0 Å². The molecule has 4 rings (SSSR count). The Balaban J connectivity index is 1.82. The number of aryl methyl sites for hydroxylation is 2. The molecular formula is C33H42N4O6. The van der Waals surface area contributed by atoms with Gasteiger partial charge in [0.25, 0.3) is 0 Å². The Kier molecular flexibility index (Phi) is 10.0. The molecule has 43 heavy (non-hydrogen) atoms. The van der Waals surface area contributed by atoms with E-state index in [4.69, 9.17) is 14.2 Å². The van der Waals surface area contributed by atoms with Crippen molar-refractivity contribution in [2.45, 2.75) is 58.7 Å². The smallest absolute Gasteiger partial charge is 0.243 e. The fourth-order valence-corrected chi connectivity index (χ4v) is 5.66. The Morgan fingerprint density at radius 2 is 1.81 bits per heavy atom. The highest BCUT2D eigenvalue weighted by atomic mass is 16.5. The van der Waals surface area contributed by atoms with Crippen LogP contribution in [0.2, 0.25) is 0 Å². The van der Waals surface area contributed by atoms with Gasteiger partial charge in [0.1, 0.15) is 6.04 Å². The number of hydrogen-bond donors (Lipinski definition) is 3. The van der Waals surface area contributed by atoms with Gasteiger partial charge in [0.05, 0.1) is 39.6 Å². The van der Waals surface area contributed by atoms with Crippen LogP contribution in [-0.4, -0.2) is 43.8 Å². The summed E-state index contributed by atoms with van der Waals surface area (Å²) < 4.78 is 19.1. The minimum atomic E-state index is -0.641. The maximum Gasteiger partial charge on any atom is 0.243 e. The fraction of sp³-hybridized carbons (Fsp3) is 0.424. The molecule has 0 bridgehead atoms. The Hall–Kier alpha value is -4.47. The molecule has 230 valence electrons. The first-order chi connectivity index (χ1) is 20.6. The molecule has 1 aromatic heterocycles. The second-order valence-corrected chi connectivity index (χ2v) is 10.9. The van der Waals surface area contributed by atoms with Crippen molar-refractivity contribution in [2.24, 2.45) is 13.0 Å². The van der Waals surface area contributed by atoms with Crippen LogP contribution < -0.4 is 35.6 Å². The fourth-order valence-electron chi connectivity index (χ4n) is 5.66. The topological polar surface area (TPSA) is 120 Å². The van der Waals surface area contributed by atoms with Gasteiger partial charge in [0.2, 0.25) is 23.0 Å². The largest absolute Gasteiger partial charge is 0.493 e. The maximum absolute atomic E-state index is 13.8. The highest BCUT2D eigenvalue weighted by Gasteiger charge is 2.30. The third-order valence-corrected chi connectivity index (χ3v) is 8.22. The van der Waals surface area contributed by atoms with E-state index in [-0.39, 0.29) is 28.8 Å². The van der Waals surface area contributed by atoms with Crippen LogP contribution in [0.15, 0.2) is 47.4 Å². The summed E-state index contributed by atoms with van der Waals surface area (Å²) in [6.07, 6.45) is 3.82. The monoisotopic (exact) mass is 590 g/mol. The van der Waals surface area contributed by atoms with Crippen molar-refractivity contribution >= 4 is 17.5 Å². The molecule has 10 heteroatoms. The van der Waals surface area contributed by atoms with Crippen LogP contribution in [0.4, 0.5) is 5.69 Å². The molecular weight excluding hydrogens is 548 g/mol. The van der Waals surface area contributed by atoms with Crippen LogP contribution >= 0.6 is 0 Å². The van der Waals surface area contributed by atoms with Crippen molar-refractivity contribution < 1.29 is 23.8 Å². The lowest BCUT2D eigenvalue weighted by atomic mass is 9.95. The van der Waals surface area contributed by atoms with Gasteiger partial charge in [0.15, 0.2) is 11.5 Å². The quantitative estimate of drug-likeness (QED) is 0.304. The highest BCUT2D eigenvalue weighted by molar-refractivity contribution is 5.86. The summed E-state index contributed by atoms with van der Waals surface area (Å²) in [6, 6.07) is 9.84. The first kappa shape index (κ1) is 31.5. The van der Waals surface area contributed by atoms with Gasteiger partial charge in [-0.15, -0.1) is 0 Å². The number of carbonyl (C=O) groups excluding carboxylic acids is 2. The summed E-state index contributed by atoms with van der Waals surface area (Å²) >= 11 is 0. The normalized spacial score (nSPS) is 15.2. The molecule has 0 aliphatic heterocycles. The number of methoxy groups -OCH3 is 3. The lowest BCUT2D eigenvalue weighted by molar-refractivity contribution is -0.123. The van der Waals surface area contributed by atoms with Crippen molar-refractivity contribution in [3.05, 3.63) is 69.6 Å². The molecule has 3 aromatic rings. The summed E-state index contributed by atoms with van der Waals surface area (Å²) in [7, 11) is 6.61. The van der Waals surface area contributed by atoms with Crippen LogP contribution in [0.3, 0.4) is 0 Å². The summed E-state index contributed by atoms with van der Waals surface area (Å²) in [4.78, 5) is 39.5. The molecule has 10 nitrogen and oxygen atoms in total. The number of hydrogen-bond acceptors (Lipinski definition) is 7. The number of nitrogens with zero attached hydrogens (tertiary/aromatic N) is 1. The average molecular weight is 591 g/mol. The van der Waals surface area contributed by atoms with Gasteiger partial charge in [-0.1, -0.05) is 26.3 Å². The highest BCUT2D eigenvalue weighted by Crippen LogP contribution is 2.50. The zero-order valence-electron chi connectivity index (χ0n) is 26.0. The first-order valence-corrected chi connectivity index (χ1v) is 14.5. The van der Waals surface area contributed by atoms with Gasteiger partial charge in [-0.05, 0) is 65.8 Å². The van der Waals surface area contributed by atoms with Gasteiger partial charge in [0, 0.05) is 31.4 Å². The molecule has 2 amide bonds. The molecule has 1 aliphatic rings. The van der Waals surface area contributed by atoms with Gasteiger partial charge >= 0.3 is 0 Å². The summed E-state index contributed by atoms with van der Waals surface area (Å²) in [6.45, 7) is 5.83. The number of amides is 2. The molecule has 0 saturated carbocycles. The molecule has 0 radical (unpaired) electrons. The minimum Gasteiger partial charge on any atom is -0.493 e. The summed E-state index contributed by atoms with van der Waals surface area (Å²) in [5.41, 5.74) is 4.06. The van der Waals surface area contributed by atoms with Crippen molar-refractivity contribution in [3.63, 3.8) is 0 Å². The third-order valence-electron chi connectivity index (χ3n) is 8.22. The van der Waals surface area contributed by atoms with Crippen molar-refractivity contribution in [1.82, 2.24) is 15.2 Å². The average Bonchev–Trinajstić information content (AvgIpc) is 3.27. The zero-order chi connectivity index (χ0) is 31.3. The standard InChI is InChI=1S/C33H42N4O6/c1-8-19(2)30(33(40)34-18-22-10-9-15-37(22)4)36-26-14-12-23-24(17-27(26)39)25(35-20(3)38)13-11-21-16-28(41-5)31(42-6)32(43-7)29(21)23/h9-10,12,14-17,19,25,30H,8,11,13,18H2,1-7H3,(H,34,40)(H,35,38)(H,36,39)/t19-,25+,30+/m1/s1.